The molecule has 2 saturated heterocycles. The molecule has 2 aromatic carbocycles. The van der Waals surface area contributed by atoms with E-state index in [2.05, 4.69) is 46.3 Å². The third-order valence-electron chi connectivity index (χ3n) is 7.86. The molecule has 4 aliphatic heterocycles. The molecule has 6 rings (SSSR count). The normalized spacial score (nSPS) is 27.2. The summed E-state index contributed by atoms with van der Waals surface area (Å²) >= 11 is 0. The van der Waals surface area contributed by atoms with Crippen LogP contribution < -0.4 is 14.8 Å². The summed E-state index contributed by atoms with van der Waals surface area (Å²) in [6.45, 7) is 5.37. The van der Waals surface area contributed by atoms with Crippen LogP contribution in [-0.2, 0) is 6.42 Å². The van der Waals surface area contributed by atoms with E-state index >= 15 is 0 Å². The van der Waals surface area contributed by atoms with Crippen LogP contribution in [-0.4, -0.2) is 48.3 Å². The van der Waals surface area contributed by atoms with Crippen molar-refractivity contribution in [1.82, 2.24) is 15.1 Å². The third kappa shape index (κ3) is 3.41. The number of ether oxygens (including phenoxy) is 2. The summed E-state index contributed by atoms with van der Waals surface area (Å²) in [5.74, 6) is 2.29. The van der Waals surface area contributed by atoms with Crippen molar-refractivity contribution in [2.75, 3.05) is 26.4 Å². The minimum absolute atomic E-state index is 0.000640. The number of fused-ring (bicyclic) bond motifs is 5. The number of likely N-dealkylation sites (tertiary alicyclic amines) is 1. The van der Waals surface area contributed by atoms with Crippen molar-refractivity contribution in [3.63, 3.8) is 0 Å². The van der Waals surface area contributed by atoms with E-state index < -0.39 is 0 Å². The van der Waals surface area contributed by atoms with Crippen molar-refractivity contribution >= 4 is 6.03 Å². The lowest BCUT2D eigenvalue weighted by Gasteiger charge is -2.52. The minimum atomic E-state index is -0.000640. The van der Waals surface area contributed by atoms with Crippen LogP contribution in [0.25, 0.3) is 0 Å². The number of piperidine rings is 2. The van der Waals surface area contributed by atoms with Gasteiger partial charge in [0.25, 0.3) is 0 Å². The molecule has 1 N–H and O–H groups in total. The predicted molar refractivity (Wildman–Crippen MR) is 122 cm³/mol. The number of hydrogen-bond acceptors (Lipinski definition) is 4. The molecule has 0 spiro atoms. The van der Waals surface area contributed by atoms with Gasteiger partial charge in [-0.1, -0.05) is 30.3 Å². The Labute approximate surface area is 189 Å². The monoisotopic (exact) mass is 433 g/mol. The fourth-order valence-electron chi connectivity index (χ4n) is 6.18. The Kier molecular flexibility index (Phi) is 4.98. The first-order chi connectivity index (χ1) is 15.7. The summed E-state index contributed by atoms with van der Waals surface area (Å²) in [6.07, 6.45) is 4.34. The van der Waals surface area contributed by atoms with Gasteiger partial charge in [0, 0.05) is 31.7 Å². The zero-order chi connectivity index (χ0) is 21.7. The van der Waals surface area contributed by atoms with Crippen molar-refractivity contribution in [1.29, 1.82) is 0 Å². The highest BCUT2D eigenvalue weighted by Gasteiger charge is 2.44. The Bertz CT molecular complexity index is 1010. The lowest BCUT2D eigenvalue weighted by atomic mass is 9.76. The van der Waals surface area contributed by atoms with E-state index in [1.165, 1.54) is 17.5 Å². The van der Waals surface area contributed by atoms with Gasteiger partial charge in [-0.05, 0) is 67.3 Å². The van der Waals surface area contributed by atoms with Crippen LogP contribution >= 0.6 is 0 Å². The topological polar surface area (TPSA) is 54.0 Å². The maximum atomic E-state index is 13.4. The number of nitrogens with zero attached hydrogens (tertiary/aromatic N) is 2. The smallest absolute Gasteiger partial charge is 0.318 e. The molecule has 2 aromatic rings. The number of rotatable bonds is 2. The second-order valence-corrected chi connectivity index (χ2v) is 9.65. The molecule has 0 saturated carbocycles. The van der Waals surface area contributed by atoms with E-state index in [9.17, 15) is 4.79 Å². The van der Waals surface area contributed by atoms with Crippen LogP contribution in [0.2, 0.25) is 0 Å². The second-order valence-electron chi connectivity index (χ2n) is 9.65. The van der Waals surface area contributed by atoms with Gasteiger partial charge in [-0.15, -0.1) is 0 Å². The van der Waals surface area contributed by atoms with Crippen LogP contribution in [0.5, 0.6) is 11.5 Å². The van der Waals surface area contributed by atoms with Crippen molar-refractivity contribution in [3.05, 3.63) is 59.2 Å². The molecule has 168 valence electrons. The zero-order valence-electron chi connectivity index (χ0n) is 18.6. The fraction of sp³-hybridized carbons (Fsp3) is 0.500. The molecule has 4 heterocycles. The highest BCUT2D eigenvalue weighted by Crippen LogP contribution is 2.46. The molecule has 2 amide bonds. The molecule has 0 radical (unpaired) electrons. The number of carbonyl (C=O) groups is 1. The fourth-order valence-corrected chi connectivity index (χ4v) is 6.18. The van der Waals surface area contributed by atoms with Gasteiger partial charge in [-0.25, -0.2) is 4.79 Å². The molecule has 32 heavy (non-hydrogen) atoms. The standard InChI is InChI=1S/C26H31N3O3/c1-17(18-6-3-2-4-7-18)27-26(30)29-10-5-8-20-15-28-11-9-19-12-24-25(32-16-31-24)13-21(19)23(28)14-22(20)29/h2-4,6-7,12-13,17,20,22-23H,5,8-11,14-16H2,1H3,(H,27,30)/t17-,20-,22+,23+/m1/s1. The highest BCUT2D eigenvalue weighted by molar-refractivity contribution is 5.75. The molecule has 4 atom stereocenters. The number of benzene rings is 2. The highest BCUT2D eigenvalue weighted by atomic mass is 16.7. The van der Waals surface area contributed by atoms with Crippen molar-refractivity contribution < 1.29 is 14.3 Å². The van der Waals surface area contributed by atoms with Gasteiger partial charge >= 0.3 is 6.03 Å². The SMILES string of the molecule is C[C@@H](NC(=O)N1CCC[C@@H]2CN3CCc4cc5c(cc4[C@@H]3C[C@@H]21)OCO5)c1ccccc1. The van der Waals surface area contributed by atoms with E-state index in [0.29, 0.717) is 18.8 Å². The van der Waals surface area contributed by atoms with Gasteiger partial charge in [0.1, 0.15) is 0 Å². The van der Waals surface area contributed by atoms with E-state index in [4.69, 9.17) is 9.47 Å². The van der Waals surface area contributed by atoms with E-state index in [1.54, 1.807) is 0 Å². The molecule has 6 heteroatoms. The van der Waals surface area contributed by atoms with Gasteiger partial charge in [-0.3, -0.25) is 4.90 Å². The molecule has 0 aliphatic carbocycles. The summed E-state index contributed by atoms with van der Waals surface area (Å²) in [7, 11) is 0. The minimum Gasteiger partial charge on any atom is -0.454 e. The molecule has 0 unspecified atom stereocenters. The summed E-state index contributed by atoms with van der Waals surface area (Å²) < 4.78 is 11.3. The Morgan fingerprint density at radius 1 is 1.12 bits per heavy atom. The van der Waals surface area contributed by atoms with Gasteiger partial charge in [-0.2, -0.15) is 0 Å². The van der Waals surface area contributed by atoms with Crippen molar-refractivity contribution in [2.24, 2.45) is 5.92 Å². The van der Waals surface area contributed by atoms with E-state index in [1.807, 2.05) is 18.2 Å². The number of carbonyl (C=O) groups excluding carboxylic acids is 1. The Morgan fingerprint density at radius 2 is 1.94 bits per heavy atom. The average molecular weight is 434 g/mol. The van der Waals surface area contributed by atoms with E-state index in [-0.39, 0.29) is 18.1 Å². The number of hydrogen-bond donors (Lipinski definition) is 1. The summed E-state index contributed by atoms with van der Waals surface area (Å²) in [4.78, 5) is 18.1. The molecular weight excluding hydrogens is 402 g/mol. The van der Waals surface area contributed by atoms with Crippen LogP contribution in [0.4, 0.5) is 4.79 Å². The van der Waals surface area contributed by atoms with E-state index in [0.717, 1.165) is 56.0 Å². The molecular formula is C26H31N3O3. The first kappa shape index (κ1) is 19.9. The van der Waals surface area contributed by atoms with Crippen molar-refractivity contribution in [2.45, 2.75) is 50.7 Å². The maximum Gasteiger partial charge on any atom is 0.318 e. The molecule has 4 aliphatic rings. The molecule has 2 fully saturated rings. The molecule has 0 bridgehead atoms. The second kappa shape index (κ2) is 8.00. The average Bonchev–Trinajstić information content (AvgIpc) is 3.29. The van der Waals surface area contributed by atoms with Crippen LogP contribution in [0, 0.1) is 5.92 Å². The molecule has 0 aromatic heterocycles. The van der Waals surface area contributed by atoms with Crippen LogP contribution in [0.15, 0.2) is 42.5 Å². The summed E-state index contributed by atoms with van der Waals surface area (Å²) in [5.41, 5.74) is 3.88. The predicted octanol–water partition coefficient (Wildman–Crippen LogP) is 4.27. The Morgan fingerprint density at radius 3 is 2.78 bits per heavy atom. The number of nitrogens with one attached hydrogen (secondary N) is 1. The Balaban J connectivity index is 1.23. The summed E-state index contributed by atoms with van der Waals surface area (Å²) in [6, 6.07) is 15.3. The summed E-state index contributed by atoms with van der Waals surface area (Å²) in [5, 5.41) is 3.26. The zero-order valence-corrected chi connectivity index (χ0v) is 18.6. The lowest BCUT2D eigenvalue weighted by Crippen LogP contribution is -2.59. The first-order valence-corrected chi connectivity index (χ1v) is 12.0. The number of amides is 2. The van der Waals surface area contributed by atoms with Gasteiger partial charge in [0.05, 0.1) is 6.04 Å². The van der Waals surface area contributed by atoms with Crippen LogP contribution in [0.3, 0.4) is 0 Å². The maximum absolute atomic E-state index is 13.4. The van der Waals surface area contributed by atoms with Gasteiger partial charge in [0.15, 0.2) is 11.5 Å². The van der Waals surface area contributed by atoms with Crippen molar-refractivity contribution in [3.8, 4) is 11.5 Å². The quantitative estimate of drug-likeness (QED) is 0.769. The van der Waals surface area contributed by atoms with Gasteiger partial charge in [0.2, 0.25) is 6.79 Å². The first-order valence-electron chi connectivity index (χ1n) is 12.0. The number of urea groups is 1. The lowest BCUT2D eigenvalue weighted by molar-refractivity contribution is 0.00527. The Hall–Kier alpha value is -2.73. The molecule has 6 nitrogen and oxygen atoms in total. The van der Waals surface area contributed by atoms with Gasteiger partial charge < -0.3 is 19.7 Å². The largest absolute Gasteiger partial charge is 0.454 e. The van der Waals surface area contributed by atoms with Crippen LogP contribution in [0.1, 0.15) is 55.0 Å². The third-order valence-corrected chi connectivity index (χ3v) is 7.86.